The summed E-state index contributed by atoms with van der Waals surface area (Å²) in [4.78, 5) is 4.42. The molecule has 1 atom stereocenters. The predicted octanol–water partition coefficient (Wildman–Crippen LogP) is 6.01. The Hall–Kier alpha value is -3.12. The van der Waals surface area contributed by atoms with Crippen LogP contribution in [0.1, 0.15) is 22.8 Å². The van der Waals surface area contributed by atoms with Gasteiger partial charge in [-0.1, -0.05) is 54.6 Å². The summed E-state index contributed by atoms with van der Waals surface area (Å²) in [6, 6.07) is 22.7. The maximum Gasteiger partial charge on any atom is 0.416 e. The third-order valence-corrected chi connectivity index (χ3v) is 4.79. The van der Waals surface area contributed by atoms with Crippen molar-refractivity contribution in [3.05, 3.63) is 102 Å². The van der Waals surface area contributed by atoms with E-state index in [4.69, 9.17) is 4.74 Å². The van der Waals surface area contributed by atoms with Gasteiger partial charge in [0.1, 0.15) is 6.10 Å². The van der Waals surface area contributed by atoms with Crippen molar-refractivity contribution < 1.29 is 17.9 Å². The molecule has 148 valence electrons. The number of imidazole rings is 1. The molecule has 0 unspecified atom stereocenters. The van der Waals surface area contributed by atoms with Gasteiger partial charge in [0.2, 0.25) is 0 Å². The van der Waals surface area contributed by atoms with Crippen molar-refractivity contribution in [1.82, 2.24) is 9.55 Å². The molecule has 29 heavy (non-hydrogen) atoms. The van der Waals surface area contributed by atoms with Gasteiger partial charge in [-0.2, -0.15) is 13.2 Å². The van der Waals surface area contributed by atoms with E-state index in [1.165, 1.54) is 12.1 Å². The number of hydrogen-bond acceptors (Lipinski definition) is 2. The zero-order valence-electron chi connectivity index (χ0n) is 15.5. The van der Waals surface area contributed by atoms with E-state index < -0.39 is 11.7 Å². The maximum absolute atomic E-state index is 12.8. The molecule has 0 radical (unpaired) electrons. The standard InChI is InChI=1S/C23H19F3N2O/c24-23(25,26)19-12-10-17(11-13-19)15-29-22(18-6-2-1-3-7-18)14-28-16-27-20-8-4-5-9-21(20)28/h1-13,16,22H,14-15H2/t22-/m1/s1. The second-order valence-corrected chi connectivity index (χ2v) is 6.79. The Kier molecular flexibility index (Phi) is 5.36. The average Bonchev–Trinajstić information content (AvgIpc) is 3.14. The van der Waals surface area contributed by atoms with Gasteiger partial charge in [0.15, 0.2) is 0 Å². The molecule has 3 nitrogen and oxygen atoms in total. The third-order valence-electron chi connectivity index (χ3n) is 4.79. The van der Waals surface area contributed by atoms with Crippen molar-refractivity contribution in [3.63, 3.8) is 0 Å². The summed E-state index contributed by atoms with van der Waals surface area (Å²) in [5.74, 6) is 0. The molecular weight excluding hydrogens is 377 g/mol. The summed E-state index contributed by atoms with van der Waals surface area (Å²) in [6.07, 6.45) is -2.83. The fraction of sp³-hybridized carbons (Fsp3) is 0.174. The number of rotatable bonds is 6. The highest BCUT2D eigenvalue weighted by Crippen LogP contribution is 2.30. The van der Waals surface area contributed by atoms with Gasteiger partial charge in [0.05, 0.1) is 36.1 Å². The van der Waals surface area contributed by atoms with E-state index in [0.717, 1.165) is 28.7 Å². The van der Waals surface area contributed by atoms with Crippen LogP contribution in [0.5, 0.6) is 0 Å². The number of fused-ring (bicyclic) bond motifs is 1. The van der Waals surface area contributed by atoms with Crippen LogP contribution in [0.3, 0.4) is 0 Å². The van der Waals surface area contributed by atoms with Crippen LogP contribution in [0.2, 0.25) is 0 Å². The fourth-order valence-electron chi connectivity index (χ4n) is 3.24. The van der Waals surface area contributed by atoms with Gasteiger partial charge in [-0.15, -0.1) is 0 Å². The number of benzene rings is 3. The molecule has 3 aromatic carbocycles. The van der Waals surface area contributed by atoms with Crippen molar-refractivity contribution in [2.45, 2.75) is 25.4 Å². The number of nitrogens with zero attached hydrogens (tertiary/aromatic N) is 2. The Bertz CT molecular complexity index is 1070. The highest BCUT2D eigenvalue weighted by molar-refractivity contribution is 5.74. The molecule has 6 heteroatoms. The minimum atomic E-state index is -4.34. The molecule has 0 aliphatic heterocycles. The second-order valence-electron chi connectivity index (χ2n) is 6.79. The number of hydrogen-bond donors (Lipinski definition) is 0. The Morgan fingerprint density at radius 3 is 2.28 bits per heavy atom. The van der Waals surface area contributed by atoms with E-state index >= 15 is 0 Å². The third kappa shape index (κ3) is 4.49. The minimum Gasteiger partial charge on any atom is -0.367 e. The van der Waals surface area contributed by atoms with Gasteiger partial charge >= 0.3 is 6.18 Å². The summed E-state index contributed by atoms with van der Waals surface area (Å²) in [5.41, 5.74) is 2.94. The predicted molar refractivity (Wildman–Crippen MR) is 105 cm³/mol. The molecule has 0 bridgehead atoms. The molecule has 0 spiro atoms. The Morgan fingerprint density at radius 1 is 0.862 bits per heavy atom. The largest absolute Gasteiger partial charge is 0.416 e. The van der Waals surface area contributed by atoms with Crippen molar-refractivity contribution >= 4 is 11.0 Å². The lowest BCUT2D eigenvalue weighted by molar-refractivity contribution is -0.137. The van der Waals surface area contributed by atoms with Crippen molar-refractivity contribution in [2.75, 3.05) is 0 Å². The van der Waals surface area contributed by atoms with Crippen LogP contribution in [0, 0.1) is 0 Å². The Labute approximate surface area is 166 Å². The van der Waals surface area contributed by atoms with Crippen LogP contribution < -0.4 is 0 Å². The first kappa shape index (κ1) is 19.2. The van der Waals surface area contributed by atoms with E-state index in [1.54, 1.807) is 6.33 Å². The Morgan fingerprint density at radius 2 is 1.55 bits per heavy atom. The van der Waals surface area contributed by atoms with E-state index in [-0.39, 0.29) is 12.7 Å². The van der Waals surface area contributed by atoms with Crippen LogP contribution in [0.25, 0.3) is 11.0 Å². The van der Waals surface area contributed by atoms with Gasteiger partial charge in [0.25, 0.3) is 0 Å². The zero-order chi connectivity index (χ0) is 20.3. The summed E-state index contributed by atoms with van der Waals surface area (Å²) in [7, 11) is 0. The van der Waals surface area contributed by atoms with Crippen LogP contribution in [0.15, 0.2) is 85.2 Å². The molecule has 0 saturated carbocycles. The van der Waals surface area contributed by atoms with Crippen molar-refractivity contribution in [2.24, 2.45) is 0 Å². The van der Waals surface area contributed by atoms with Gasteiger partial charge in [-0.25, -0.2) is 4.98 Å². The number of para-hydroxylation sites is 2. The molecule has 0 aliphatic carbocycles. The number of ether oxygens (including phenoxy) is 1. The van der Waals surface area contributed by atoms with Crippen molar-refractivity contribution in [1.29, 1.82) is 0 Å². The summed E-state index contributed by atoms with van der Waals surface area (Å²) < 4.78 is 46.4. The van der Waals surface area contributed by atoms with Crippen LogP contribution in [0.4, 0.5) is 13.2 Å². The molecule has 4 rings (SSSR count). The molecule has 0 fully saturated rings. The quantitative estimate of drug-likeness (QED) is 0.399. The molecule has 0 N–H and O–H groups in total. The van der Waals surface area contributed by atoms with E-state index in [9.17, 15) is 13.2 Å². The van der Waals surface area contributed by atoms with E-state index in [2.05, 4.69) is 4.98 Å². The van der Waals surface area contributed by atoms with Crippen LogP contribution in [-0.4, -0.2) is 9.55 Å². The first-order chi connectivity index (χ1) is 14.0. The van der Waals surface area contributed by atoms with Gasteiger partial charge < -0.3 is 9.30 Å². The number of halogens is 3. The topological polar surface area (TPSA) is 27.1 Å². The molecule has 4 aromatic rings. The fourth-order valence-corrected chi connectivity index (χ4v) is 3.24. The van der Waals surface area contributed by atoms with E-state index in [1.807, 2.05) is 59.2 Å². The van der Waals surface area contributed by atoms with E-state index in [0.29, 0.717) is 12.1 Å². The monoisotopic (exact) mass is 396 g/mol. The zero-order valence-corrected chi connectivity index (χ0v) is 15.5. The summed E-state index contributed by atoms with van der Waals surface area (Å²) in [5, 5.41) is 0. The van der Waals surface area contributed by atoms with Crippen molar-refractivity contribution in [3.8, 4) is 0 Å². The lowest BCUT2D eigenvalue weighted by Gasteiger charge is -2.20. The first-order valence-corrected chi connectivity index (χ1v) is 9.23. The van der Waals surface area contributed by atoms with Crippen LogP contribution >= 0.6 is 0 Å². The smallest absolute Gasteiger partial charge is 0.367 e. The Balaban J connectivity index is 1.54. The lowest BCUT2D eigenvalue weighted by atomic mass is 10.1. The average molecular weight is 396 g/mol. The number of alkyl halides is 3. The minimum absolute atomic E-state index is 0.213. The molecule has 0 aliphatic rings. The SMILES string of the molecule is FC(F)(F)c1ccc(CO[C@H](Cn2cnc3ccccc32)c2ccccc2)cc1. The van der Waals surface area contributed by atoms with Gasteiger partial charge in [0, 0.05) is 0 Å². The van der Waals surface area contributed by atoms with Gasteiger partial charge in [-0.3, -0.25) is 0 Å². The molecule has 0 amide bonds. The highest BCUT2D eigenvalue weighted by Gasteiger charge is 2.29. The first-order valence-electron chi connectivity index (χ1n) is 9.23. The lowest BCUT2D eigenvalue weighted by Crippen LogP contribution is -2.12. The highest BCUT2D eigenvalue weighted by atomic mass is 19.4. The molecule has 1 aromatic heterocycles. The normalized spacial score (nSPS) is 12.9. The molecule has 1 heterocycles. The number of aromatic nitrogens is 2. The summed E-state index contributed by atoms with van der Waals surface area (Å²) >= 11 is 0. The van der Waals surface area contributed by atoms with Gasteiger partial charge in [-0.05, 0) is 35.4 Å². The molecular formula is C23H19F3N2O. The second kappa shape index (κ2) is 8.09. The maximum atomic E-state index is 12.8. The molecule has 0 saturated heterocycles. The summed E-state index contributed by atoms with van der Waals surface area (Å²) in [6.45, 7) is 0.759. The van der Waals surface area contributed by atoms with Crippen LogP contribution in [-0.2, 0) is 24.1 Å².